The molecule has 5 nitrogen and oxygen atoms in total. The molecular weight excluding hydrogens is 346 g/mol. The van der Waals surface area contributed by atoms with Crippen LogP contribution in [0.1, 0.15) is 39.2 Å². The molecule has 0 unspecified atom stereocenters. The molecule has 4 rings (SSSR count). The van der Waals surface area contributed by atoms with Crippen LogP contribution in [0, 0.1) is 11.8 Å². The van der Waals surface area contributed by atoms with Crippen LogP contribution in [0.3, 0.4) is 0 Å². The number of aromatic nitrogens is 2. The molecule has 0 N–H and O–H groups in total. The highest BCUT2D eigenvalue weighted by Crippen LogP contribution is 2.37. The van der Waals surface area contributed by atoms with Crippen LogP contribution in [-0.2, 0) is 4.79 Å². The van der Waals surface area contributed by atoms with Gasteiger partial charge in [0.15, 0.2) is 5.16 Å². The van der Waals surface area contributed by atoms with Crippen molar-refractivity contribution in [3.8, 4) is 0 Å². The highest BCUT2D eigenvalue weighted by Gasteiger charge is 2.30. The van der Waals surface area contributed by atoms with E-state index in [1.54, 1.807) is 0 Å². The van der Waals surface area contributed by atoms with Gasteiger partial charge < -0.3 is 4.90 Å². The smallest absolute Gasteiger partial charge is 0.262 e. The van der Waals surface area contributed by atoms with Gasteiger partial charge in [-0.2, -0.15) is 0 Å². The van der Waals surface area contributed by atoms with Crippen LogP contribution in [0.25, 0.3) is 10.9 Å². The Kier molecular flexibility index (Phi) is 4.78. The topological polar surface area (TPSA) is 55.2 Å². The van der Waals surface area contributed by atoms with E-state index in [0.717, 1.165) is 25.9 Å². The second-order valence-corrected chi connectivity index (χ2v) is 8.79. The van der Waals surface area contributed by atoms with E-state index >= 15 is 0 Å². The van der Waals surface area contributed by atoms with E-state index in [9.17, 15) is 9.59 Å². The predicted octanol–water partition coefficient (Wildman–Crippen LogP) is 3.33. The minimum Gasteiger partial charge on any atom is -0.341 e. The van der Waals surface area contributed by atoms with Gasteiger partial charge in [-0.25, -0.2) is 4.98 Å². The van der Waals surface area contributed by atoms with Crippen LogP contribution < -0.4 is 5.56 Å². The van der Waals surface area contributed by atoms with Crippen LogP contribution >= 0.6 is 11.8 Å². The number of likely N-dealkylation sites (tertiary alicyclic amines) is 1. The molecule has 0 radical (unpaired) electrons. The molecule has 6 heteroatoms. The Bertz CT molecular complexity index is 880. The van der Waals surface area contributed by atoms with Crippen molar-refractivity contribution in [2.45, 2.75) is 44.3 Å². The van der Waals surface area contributed by atoms with Gasteiger partial charge in [0.1, 0.15) is 0 Å². The second-order valence-electron chi connectivity index (χ2n) is 7.85. The summed E-state index contributed by atoms with van der Waals surface area (Å²) in [6.07, 6.45) is 3.22. The Morgan fingerprint density at radius 2 is 1.88 bits per heavy atom. The summed E-state index contributed by atoms with van der Waals surface area (Å²) in [6.45, 7) is 6.09. The Morgan fingerprint density at radius 1 is 1.19 bits per heavy atom. The molecule has 0 bridgehead atoms. The Balaban J connectivity index is 1.56. The fraction of sp³-hybridized carbons (Fsp3) is 0.550. The van der Waals surface area contributed by atoms with Crippen molar-refractivity contribution in [3.05, 3.63) is 34.6 Å². The summed E-state index contributed by atoms with van der Waals surface area (Å²) < 4.78 is 1.81. The van der Waals surface area contributed by atoms with Gasteiger partial charge in [-0.3, -0.25) is 14.2 Å². The summed E-state index contributed by atoms with van der Waals surface area (Å²) in [4.78, 5) is 32.3. The summed E-state index contributed by atoms with van der Waals surface area (Å²) in [7, 11) is 0. The number of thioether (sulfide) groups is 1. The zero-order valence-electron chi connectivity index (χ0n) is 15.4. The van der Waals surface area contributed by atoms with E-state index in [-0.39, 0.29) is 17.5 Å². The van der Waals surface area contributed by atoms with Gasteiger partial charge in [-0.1, -0.05) is 37.7 Å². The molecule has 1 amide bonds. The van der Waals surface area contributed by atoms with Crippen LogP contribution in [0.5, 0.6) is 0 Å². The van der Waals surface area contributed by atoms with Crippen LogP contribution in [0.15, 0.2) is 34.2 Å². The lowest BCUT2D eigenvalue weighted by Crippen LogP contribution is -2.43. The van der Waals surface area contributed by atoms with Gasteiger partial charge in [0, 0.05) is 19.1 Å². The van der Waals surface area contributed by atoms with Crippen molar-refractivity contribution < 1.29 is 4.79 Å². The standard InChI is InChI=1S/C20H25N3O2S/c1-13-9-14(2)11-22(10-13)18(24)12-26-20-21-17-6-4-3-5-16(17)19(25)23(20)15-7-8-15/h3-6,13-15H,7-12H2,1-2H3/t13-,14+. The van der Waals surface area contributed by atoms with Crippen molar-refractivity contribution >= 4 is 28.6 Å². The molecule has 138 valence electrons. The third kappa shape index (κ3) is 3.52. The summed E-state index contributed by atoms with van der Waals surface area (Å²) in [5.74, 6) is 1.60. The number of rotatable bonds is 4. The first-order chi connectivity index (χ1) is 12.5. The Labute approximate surface area is 157 Å². The average molecular weight is 372 g/mol. The van der Waals surface area contributed by atoms with E-state index < -0.39 is 0 Å². The van der Waals surface area contributed by atoms with Gasteiger partial charge in [-0.15, -0.1) is 0 Å². The molecule has 2 aromatic rings. The molecule has 2 aliphatic rings. The number of carbonyl (C=O) groups is 1. The third-order valence-corrected chi connectivity index (χ3v) is 6.17. The SMILES string of the molecule is C[C@@H]1C[C@H](C)CN(C(=O)CSc2nc3ccccc3c(=O)n2C2CC2)C1. The van der Waals surface area contributed by atoms with Gasteiger partial charge in [0.2, 0.25) is 5.91 Å². The lowest BCUT2D eigenvalue weighted by Gasteiger charge is -2.35. The van der Waals surface area contributed by atoms with Gasteiger partial charge in [0.05, 0.1) is 16.7 Å². The van der Waals surface area contributed by atoms with Gasteiger partial charge in [0.25, 0.3) is 5.56 Å². The molecule has 1 aromatic heterocycles. The second kappa shape index (κ2) is 7.06. The normalized spacial score (nSPS) is 23.4. The van der Waals surface area contributed by atoms with Crippen molar-refractivity contribution in [2.75, 3.05) is 18.8 Å². The fourth-order valence-electron chi connectivity index (χ4n) is 3.97. The van der Waals surface area contributed by atoms with Gasteiger partial charge in [-0.05, 0) is 43.2 Å². The highest BCUT2D eigenvalue weighted by molar-refractivity contribution is 7.99. The Hall–Kier alpha value is -1.82. The monoisotopic (exact) mass is 371 g/mol. The summed E-state index contributed by atoms with van der Waals surface area (Å²) in [5.41, 5.74) is 0.734. The zero-order valence-corrected chi connectivity index (χ0v) is 16.2. The zero-order chi connectivity index (χ0) is 18.3. The maximum Gasteiger partial charge on any atom is 0.262 e. The molecule has 1 saturated heterocycles. The molecule has 2 heterocycles. The maximum absolute atomic E-state index is 12.9. The van der Waals surface area contributed by atoms with Crippen molar-refractivity contribution in [2.24, 2.45) is 11.8 Å². The highest BCUT2D eigenvalue weighted by atomic mass is 32.2. The summed E-state index contributed by atoms with van der Waals surface area (Å²) in [5, 5.41) is 1.34. The molecule has 26 heavy (non-hydrogen) atoms. The van der Waals surface area contributed by atoms with E-state index in [0.29, 0.717) is 33.6 Å². The molecule has 1 aliphatic heterocycles. The van der Waals surface area contributed by atoms with Crippen LogP contribution in [0.4, 0.5) is 0 Å². The first-order valence-corrected chi connectivity index (χ1v) is 10.4. The predicted molar refractivity (Wildman–Crippen MR) is 105 cm³/mol. The first-order valence-electron chi connectivity index (χ1n) is 9.44. The summed E-state index contributed by atoms with van der Waals surface area (Å²) >= 11 is 1.41. The largest absolute Gasteiger partial charge is 0.341 e. The van der Waals surface area contributed by atoms with Crippen LogP contribution in [0.2, 0.25) is 0 Å². The number of amides is 1. The molecule has 1 aromatic carbocycles. The molecule has 1 aliphatic carbocycles. The minimum absolute atomic E-state index is 0.0215. The lowest BCUT2D eigenvalue weighted by atomic mass is 9.92. The number of fused-ring (bicyclic) bond motifs is 1. The fourth-order valence-corrected chi connectivity index (χ4v) is 4.94. The minimum atomic E-state index is 0.0215. The Morgan fingerprint density at radius 3 is 2.58 bits per heavy atom. The maximum atomic E-state index is 12.9. The van der Waals surface area contributed by atoms with E-state index in [2.05, 4.69) is 13.8 Å². The van der Waals surface area contributed by atoms with Crippen molar-refractivity contribution in [3.63, 3.8) is 0 Å². The number of hydrogen-bond donors (Lipinski definition) is 0. The molecule has 0 spiro atoms. The van der Waals surface area contributed by atoms with Crippen LogP contribution in [-0.4, -0.2) is 39.2 Å². The van der Waals surface area contributed by atoms with E-state index in [1.165, 1.54) is 18.2 Å². The van der Waals surface area contributed by atoms with E-state index in [1.807, 2.05) is 33.7 Å². The first kappa shape index (κ1) is 17.6. The quantitative estimate of drug-likeness (QED) is 0.611. The number of hydrogen-bond acceptors (Lipinski definition) is 4. The average Bonchev–Trinajstić information content (AvgIpc) is 3.43. The van der Waals surface area contributed by atoms with Crippen molar-refractivity contribution in [1.29, 1.82) is 0 Å². The number of para-hydroxylation sites is 1. The van der Waals surface area contributed by atoms with Gasteiger partial charge >= 0.3 is 0 Å². The number of piperidine rings is 1. The number of benzene rings is 1. The molecule has 2 fully saturated rings. The molecular formula is C20H25N3O2S. The van der Waals surface area contributed by atoms with E-state index in [4.69, 9.17) is 4.98 Å². The number of carbonyl (C=O) groups excluding carboxylic acids is 1. The summed E-state index contributed by atoms with van der Waals surface area (Å²) in [6, 6.07) is 7.71. The number of nitrogens with zero attached hydrogens (tertiary/aromatic N) is 3. The van der Waals surface area contributed by atoms with Crippen molar-refractivity contribution in [1.82, 2.24) is 14.5 Å². The molecule has 2 atom stereocenters. The third-order valence-electron chi connectivity index (χ3n) is 5.23. The molecule has 1 saturated carbocycles. The lowest BCUT2D eigenvalue weighted by molar-refractivity contribution is -0.130.